The van der Waals surface area contributed by atoms with Crippen molar-refractivity contribution in [2.45, 2.75) is 12.5 Å². The van der Waals surface area contributed by atoms with Crippen LogP contribution >= 0.6 is 0 Å². The van der Waals surface area contributed by atoms with E-state index in [2.05, 4.69) is 15.5 Å². The molecule has 1 aromatic rings. The van der Waals surface area contributed by atoms with Crippen LogP contribution in [0.2, 0.25) is 0 Å². The van der Waals surface area contributed by atoms with Gasteiger partial charge in [0.2, 0.25) is 0 Å². The number of hydrogen-bond donors (Lipinski definition) is 0. The van der Waals surface area contributed by atoms with Crippen LogP contribution in [0.3, 0.4) is 0 Å². The monoisotopic (exact) mass is 200 g/mol. The lowest BCUT2D eigenvalue weighted by Gasteiger charge is -2.19. The van der Waals surface area contributed by atoms with E-state index in [0.717, 1.165) is 5.57 Å². The Kier molecular flexibility index (Phi) is 1.65. The van der Waals surface area contributed by atoms with Gasteiger partial charge < -0.3 is 0 Å². The second-order valence-corrected chi connectivity index (χ2v) is 3.53. The van der Waals surface area contributed by atoms with Crippen LogP contribution in [0.25, 0.3) is 6.08 Å². The minimum atomic E-state index is -0.0532. The molecule has 1 atom stereocenters. The molecule has 0 aromatic carbocycles. The molecular formula is C10H8N4O. The first-order valence-electron chi connectivity index (χ1n) is 4.71. The van der Waals surface area contributed by atoms with Gasteiger partial charge in [-0.05, 0) is 28.2 Å². The van der Waals surface area contributed by atoms with Crippen LogP contribution in [0, 0.1) is 0 Å². The number of nitrogens with zero attached hydrogens (tertiary/aromatic N) is 4. The number of fused-ring (bicyclic) bond motifs is 3. The van der Waals surface area contributed by atoms with Crippen molar-refractivity contribution < 1.29 is 4.79 Å². The van der Waals surface area contributed by atoms with Crippen molar-refractivity contribution in [1.29, 1.82) is 0 Å². The highest BCUT2D eigenvalue weighted by molar-refractivity contribution is 5.92. The number of tetrazole rings is 1. The van der Waals surface area contributed by atoms with Crippen molar-refractivity contribution in [1.82, 2.24) is 20.2 Å². The maximum absolute atomic E-state index is 11.3. The first kappa shape index (κ1) is 8.28. The van der Waals surface area contributed by atoms with E-state index in [1.54, 1.807) is 10.8 Å². The van der Waals surface area contributed by atoms with Gasteiger partial charge >= 0.3 is 0 Å². The summed E-state index contributed by atoms with van der Waals surface area (Å²) in [4.78, 5) is 11.3. The van der Waals surface area contributed by atoms with Crippen LogP contribution in [0.15, 0.2) is 29.9 Å². The zero-order chi connectivity index (χ0) is 10.3. The third kappa shape index (κ3) is 1.24. The van der Waals surface area contributed by atoms with E-state index < -0.39 is 0 Å². The fraction of sp³-hybridized carbons (Fsp3) is 0.200. The summed E-state index contributed by atoms with van der Waals surface area (Å²) in [6, 6.07) is -0.0532. The number of allylic oxidation sites excluding steroid dienone is 5. The molecule has 5 nitrogen and oxygen atoms in total. The minimum absolute atomic E-state index is 0.0532. The lowest BCUT2D eigenvalue weighted by molar-refractivity contribution is -0.115. The number of hydrogen-bond acceptors (Lipinski definition) is 4. The van der Waals surface area contributed by atoms with Gasteiger partial charge in [0.25, 0.3) is 0 Å². The van der Waals surface area contributed by atoms with Gasteiger partial charge in [-0.1, -0.05) is 18.2 Å². The van der Waals surface area contributed by atoms with Gasteiger partial charge in [0.1, 0.15) is 0 Å². The second-order valence-electron chi connectivity index (χ2n) is 3.53. The molecule has 2 heterocycles. The van der Waals surface area contributed by atoms with Gasteiger partial charge in [0, 0.05) is 6.42 Å². The van der Waals surface area contributed by atoms with Gasteiger partial charge in [0.05, 0.1) is 6.04 Å². The van der Waals surface area contributed by atoms with Crippen LogP contribution < -0.4 is 0 Å². The van der Waals surface area contributed by atoms with E-state index >= 15 is 0 Å². The SMILES string of the molecule is O=C1C=CC2=CC=Cc3nnnn3C2C1. The highest BCUT2D eigenvalue weighted by atomic mass is 16.1. The molecule has 2 aliphatic rings. The van der Waals surface area contributed by atoms with Crippen molar-refractivity contribution in [3.8, 4) is 0 Å². The van der Waals surface area contributed by atoms with Gasteiger partial charge in [-0.3, -0.25) is 4.79 Å². The predicted molar refractivity (Wildman–Crippen MR) is 52.7 cm³/mol. The summed E-state index contributed by atoms with van der Waals surface area (Å²) in [5, 5.41) is 11.4. The van der Waals surface area contributed by atoms with E-state index in [9.17, 15) is 4.79 Å². The third-order valence-corrected chi connectivity index (χ3v) is 2.59. The van der Waals surface area contributed by atoms with Crippen LogP contribution in [-0.4, -0.2) is 26.0 Å². The Morgan fingerprint density at radius 3 is 3.20 bits per heavy atom. The van der Waals surface area contributed by atoms with Crippen LogP contribution in [-0.2, 0) is 4.79 Å². The van der Waals surface area contributed by atoms with Gasteiger partial charge in [-0.2, -0.15) is 0 Å². The summed E-state index contributed by atoms with van der Waals surface area (Å²) in [6.45, 7) is 0. The Bertz CT molecular complexity index is 509. The number of ketones is 1. The molecule has 74 valence electrons. The van der Waals surface area contributed by atoms with Crippen molar-refractivity contribution >= 4 is 11.9 Å². The molecule has 0 fully saturated rings. The summed E-state index contributed by atoms with van der Waals surface area (Å²) < 4.78 is 1.69. The molecule has 1 aliphatic heterocycles. The maximum Gasteiger partial charge on any atom is 0.175 e. The summed E-state index contributed by atoms with van der Waals surface area (Å²) in [7, 11) is 0. The first-order chi connectivity index (χ1) is 7.34. The lowest BCUT2D eigenvalue weighted by Crippen LogP contribution is -2.19. The Labute approximate surface area is 85.8 Å². The predicted octanol–water partition coefficient (Wildman–Crippen LogP) is 0.696. The second kappa shape index (κ2) is 2.98. The van der Waals surface area contributed by atoms with Crippen molar-refractivity contribution in [3.63, 3.8) is 0 Å². The van der Waals surface area contributed by atoms with Crippen LogP contribution in [0.4, 0.5) is 0 Å². The molecule has 0 spiro atoms. The van der Waals surface area contributed by atoms with E-state index in [1.807, 2.05) is 24.3 Å². The van der Waals surface area contributed by atoms with Gasteiger partial charge in [0.15, 0.2) is 11.6 Å². The molecule has 0 N–H and O–H groups in total. The summed E-state index contributed by atoms with van der Waals surface area (Å²) >= 11 is 0. The molecule has 5 heteroatoms. The Morgan fingerprint density at radius 1 is 1.33 bits per heavy atom. The van der Waals surface area contributed by atoms with Crippen molar-refractivity contribution in [2.75, 3.05) is 0 Å². The fourth-order valence-electron chi connectivity index (χ4n) is 1.85. The molecule has 0 saturated carbocycles. The lowest BCUT2D eigenvalue weighted by atomic mass is 9.95. The summed E-state index contributed by atoms with van der Waals surface area (Å²) in [5.74, 6) is 0.801. The average molecular weight is 200 g/mol. The summed E-state index contributed by atoms with van der Waals surface area (Å²) in [5.41, 5.74) is 1.07. The molecule has 1 aromatic heterocycles. The molecule has 0 saturated heterocycles. The van der Waals surface area contributed by atoms with E-state index in [4.69, 9.17) is 0 Å². The zero-order valence-electron chi connectivity index (χ0n) is 7.87. The van der Waals surface area contributed by atoms with Crippen molar-refractivity contribution in [3.05, 3.63) is 35.7 Å². The molecule has 0 bridgehead atoms. The van der Waals surface area contributed by atoms with E-state index in [1.165, 1.54) is 0 Å². The highest BCUT2D eigenvalue weighted by Gasteiger charge is 2.25. The summed E-state index contributed by atoms with van der Waals surface area (Å²) in [6.07, 6.45) is 9.58. The molecule has 0 radical (unpaired) electrons. The van der Waals surface area contributed by atoms with E-state index in [0.29, 0.717) is 12.2 Å². The number of rotatable bonds is 0. The molecule has 3 rings (SSSR count). The van der Waals surface area contributed by atoms with Gasteiger partial charge in [-0.25, -0.2) is 4.68 Å². The Morgan fingerprint density at radius 2 is 2.27 bits per heavy atom. The third-order valence-electron chi connectivity index (χ3n) is 2.59. The van der Waals surface area contributed by atoms with Gasteiger partial charge in [-0.15, -0.1) is 5.10 Å². The zero-order valence-corrected chi connectivity index (χ0v) is 7.87. The Hall–Kier alpha value is -2.04. The number of carbonyl (C=O) groups excluding carboxylic acids is 1. The Balaban J connectivity index is 2.16. The molecule has 15 heavy (non-hydrogen) atoms. The largest absolute Gasteiger partial charge is 0.295 e. The topological polar surface area (TPSA) is 60.7 Å². The average Bonchev–Trinajstić information content (AvgIpc) is 2.62. The minimum Gasteiger partial charge on any atom is -0.295 e. The fourth-order valence-corrected chi connectivity index (χ4v) is 1.85. The molecule has 1 aliphatic carbocycles. The normalized spacial score (nSPS) is 23.1. The van der Waals surface area contributed by atoms with E-state index in [-0.39, 0.29) is 11.8 Å². The molecular weight excluding hydrogens is 192 g/mol. The number of aromatic nitrogens is 4. The smallest absolute Gasteiger partial charge is 0.175 e. The number of carbonyl (C=O) groups is 1. The molecule has 1 unspecified atom stereocenters. The van der Waals surface area contributed by atoms with Crippen LogP contribution in [0.5, 0.6) is 0 Å². The standard InChI is InChI=1S/C10H8N4O/c15-8-5-4-7-2-1-3-10-11-12-13-14(10)9(7)6-8/h1-5,9H,6H2. The van der Waals surface area contributed by atoms with Crippen LogP contribution in [0.1, 0.15) is 18.3 Å². The quantitative estimate of drug-likeness (QED) is 0.618. The van der Waals surface area contributed by atoms with Crippen molar-refractivity contribution in [2.24, 2.45) is 0 Å². The maximum atomic E-state index is 11.3. The first-order valence-corrected chi connectivity index (χ1v) is 4.71. The molecule has 0 amide bonds. The highest BCUT2D eigenvalue weighted by Crippen LogP contribution is 2.29.